The number of urea groups is 1. The highest BCUT2D eigenvalue weighted by Crippen LogP contribution is 2.17. The highest BCUT2D eigenvalue weighted by atomic mass is 16.5. The molecule has 2 amide bonds. The van der Waals surface area contributed by atoms with Crippen molar-refractivity contribution >= 4 is 11.7 Å². The first-order valence-corrected chi connectivity index (χ1v) is 8.21. The fourth-order valence-corrected chi connectivity index (χ4v) is 2.99. The Balaban J connectivity index is 1.47. The monoisotopic (exact) mass is 325 g/mol. The Morgan fingerprint density at radius 3 is 2.83 bits per heavy atom. The number of hydrogen-bond donors (Lipinski definition) is 2. The van der Waals surface area contributed by atoms with Gasteiger partial charge in [-0.1, -0.05) is 36.4 Å². The Morgan fingerprint density at radius 1 is 1.21 bits per heavy atom. The summed E-state index contributed by atoms with van der Waals surface area (Å²) in [4.78, 5) is 14.5. The molecule has 0 aliphatic carbocycles. The van der Waals surface area contributed by atoms with E-state index in [0.29, 0.717) is 0 Å². The van der Waals surface area contributed by atoms with Gasteiger partial charge in [0, 0.05) is 37.4 Å². The second-order valence-electron chi connectivity index (χ2n) is 6.04. The second kappa shape index (κ2) is 7.84. The van der Waals surface area contributed by atoms with Crippen LogP contribution in [0.3, 0.4) is 0 Å². The number of carbonyl (C=O) groups excluding carboxylic acids is 1. The molecule has 1 saturated heterocycles. The molecular formula is C19H23N3O2. The number of nitrogens with zero attached hydrogens (tertiary/aromatic N) is 1. The number of rotatable bonds is 5. The van der Waals surface area contributed by atoms with Gasteiger partial charge in [0.05, 0.1) is 7.11 Å². The van der Waals surface area contributed by atoms with Crippen molar-refractivity contribution in [3.63, 3.8) is 0 Å². The van der Waals surface area contributed by atoms with Crippen molar-refractivity contribution in [1.82, 2.24) is 10.2 Å². The van der Waals surface area contributed by atoms with E-state index in [-0.39, 0.29) is 12.1 Å². The van der Waals surface area contributed by atoms with Crippen LogP contribution in [0, 0.1) is 0 Å². The summed E-state index contributed by atoms with van der Waals surface area (Å²) in [6.45, 7) is 2.80. The van der Waals surface area contributed by atoms with Gasteiger partial charge in [-0.15, -0.1) is 0 Å². The minimum Gasteiger partial charge on any atom is -0.497 e. The number of carbonyl (C=O) groups is 1. The molecule has 1 fully saturated rings. The Kier molecular flexibility index (Phi) is 5.33. The summed E-state index contributed by atoms with van der Waals surface area (Å²) in [5, 5.41) is 5.91. The first-order valence-electron chi connectivity index (χ1n) is 8.21. The summed E-state index contributed by atoms with van der Waals surface area (Å²) in [5.74, 6) is 0.725. The molecule has 0 radical (unpaired) electrons. The van der Waals surface area contributed by atoms with Gasteiger partial charge in [-0.2, -0.15) is 0 Å². The summed E-state index contributed by atoms with van der Waals surface area (Å²) in [6, 6.07) is 17.8. The Bertz CT molecular complexity index is 675. The Labute approximate surface area is 142 Å². The van der Waals surface area contributed by atoms with Gasteiger partial charge in [0.2, 0.25) is 0 Å². The van der Waals surface area contributed by atoms with Gasteiger partial charge >= 0.3 is 6.03 Å². The number of likely N-dealkylation sites (tertiary alicyclic amines) is 1. The first kappa shape index (κ1) is 16.3. The second-order valence-corrected chi connectivity index (χ2v) is 6.04. The zero-order chi connectivity index (χ0) is 16.8. The minimum atomic E-state index is -0.171. The van der Waals surface area contributed by atoms with Crippen molar-refractivity contribution in [2.45, 2.75) is 19.0 Å². The van der Waals surface area contributed by atoms with E-state index in [0.717, 1.165) is 37.5 Å². The lowest BCUT2D eigenvalue weighted by Gasteiger charge is -2.17. The van der Waals surface area contributed by atoms with Gasteiger partial charge in [0.25, 0.3) is 0 Å². The van der Waals surface area contributed by atoms with Crippen molar-refractivity contribution in [2.75, 3.05) is 25.5 Å². The number of hydrogen-bond acceptors (Lipinski definition) is 3. The van der Waals surface area contributed by atoms with Crippen molar-refractivity contribution in [2.24, 2.45) is 0 Å². The van der Waals surface area contributed by atoms with Gasteiger partial charge in [0.15, 0.2) is 0 Å². The zero-order valence-corrected chi connectivity index (χ0v) is 13.9. The van der Waals surface area contributed by atoms with E-state index in [1.807, 2.05) is 24.3 Å². The highest BCUT2D eigenvalue weighted by molar-refractivity contribution is 5.89. The summed E-state index contributed by atoms with van der Waals surface area (Å²) in [7, 11) is 1.61. The largest absolute Gasteiger partial charge is 0.497 e. The van der Waals surface area contributed by atoms with Crippen LogP contribution in [0.1, 0.15) is 12.0 Å². The molecule has 2 aromatic rings. The average Bonchev–Trinajstić information content (AvgIpc) is 3.02. The molecular weight excluding hydrogens is 302 g/mol. The Morgan fingerprint density at radius 2 is 2.04 bits per heavy atom. The molecule has 2 N–H and O–H groups in total. The van der Waals surface area contributed by atoms with Crippen molar-refractivity contribution in [3.8, 4) is 5.75 Å². The molecule has 0 bridgehead atoms. The standard InChI is InChI=1S/C19H23N3O2/c1-24-18-9-5-8-16(12-18)20-19(23)21-17-10-11-22(14-17)13-15-6-3-2-4-7-15/h2-9,12,17H,10-11,13-14H2,1H3,(H2,20,21,23). The zero-order valence-electron chi connectivity index (χ0n) is 13.9. The molecule has 2 aromatic carbocycles. The number of ether oxygens (including phenoxy) is 1. The average molecular weight is 325 g/mol. The third-order valence-corrected chi connectivity index (χ3v) is 4.18. The lowest BCUT2D eigenvalue weighted by molar-refractivity contribution is 0.247. The Hall–Kier alpha value is -2.53. The molecule has 3 rings (SSSR count). The molecule has 1 heterocycles. The number of anilines is 1. The van der Waals surface area contributed by atoms with Gasteiger partial charge in [-0.3, -0.25) is 4.90 Å². The first-order chi connectivity index (χ1) is 11.7. The number of methoxy groups -OCH3 is 1. The molecule has 1 aliphatic rings. The predicted octanol–water partition coefficient (Wildman–Crippen LogP) is 3.09. The molecule has 5 nitrogen and oxygen atoms in total. The van der Waals surface area contributed by atoms with E-state index in [1.165, 1.54) is 5.56 Å². The molecule has 1 unspecified atom stereocenters. The number of amides is 2. The summed E-state index contributed by atoms with van der Waals surface area (Å²) in [5.41, 5.74) is 2.03. The molecule has 1 atom stereocenters. The fraction of sp³-hybridized carbons (Fsp3) is 0.316. The van der Waals surface area contributed by atoms with Crippen LogP contribution in [-0.2, 0) is 6.54 Å². The third-order valence-electron chi connectivity index (χ3n) is 4.18. The summed E-state index contributed by atoms with van der Waals surface area (Å²) >= 11 is 0. The minimum absolute atomic E-state index is 0.171. The maximum Gasteiger partial charge on any atom is 0.319 e. The molecule has 1 aliphatic heterocycles. The maximum atomic E-state index is 12.2. The molecule has 0 spiro atoms. The fourth-order valence-electron chi connectivity index (χ4n) is 2.99. The predicted molar refractivity (Wildman–Crippen MR) is 95.3 cm³/mol. The quantitative estimate of drug-likeness (QED) is 0.888. The summed E-state index contributed by atoms with van der Waals surface area (Å²) < 4.78 is 5.16. The van der Waals surface area contributed by atoms with E-state index < -0.39 is 0 Å². The van der Waals surface area contributed by atoms with Crippen molar-refractivity contribution < 1.29 is 9.53 Å². The number of benzene rings is 2. The molecule has 5 heteroatoms. The van der Waals surface area contributed by atoms with E-state index in [4.69, 9.17) is 4.74 Å². The van der Waals surface area contributed by atoms with E-state index in [9.17, 15) is 4.79 Å². The van der Waals surface area contributed by atoms with E-state index in [2.05, 4.69) is 39.8 Å². The number of nitrogens with one attached hydrogen (secondary N) is 2. The van der Waals surface area contributed by atoms with E-state index >= 15 is 0 Å². The van der Waals surface area contributed by atoms with Crippen LogP contribution in [0.25, 0.3) is 0 Å². The van der Waals surface area contributed by atoms with Gasteiger partial charge in [-0.05, 0) is 24.1 Å². The molecule has 0 saturated carbocycles. The molecule has 126 valence electrons. The van der Waals surface area contributed by atoms with Crippen LogP contribution in [0.5, 0.6) is 5.75 Å². The van der Waals surface area contributed by atoms with E-state index in [1.54, 1.807) is 13.2 Å². The van der Waals surface area contributed by atoms with Crippen LogP contribution >= 0.6 is 0 Å². The maximum absolute atomic E-state index is 12.2. The van der Waals surface area contributed by atoms with Crippen LogP contribution in [0.2, 0.25) is 0 Å². The topological polar surface area (TPSA) is 53.6 Å². The molecule has 0 aromatic heterocycles. The van der Waals surface area contributed by atoms with Crippen molar-refractivity contribution in [3.05, 3.63) is 60.2 Å². The third kappa shape index (κ3) is 4.49. The van der Waals surface area contributed by atoms with Crippen molar-refractivity contribution in [1.29, 1.82) is 0 Å². The lowest BCUT2D eigenvalue weighted by Crippen LogP contribution is -2.39. The normalized spacial score (nSPS) is 17.5. The molecule has 24 heavy (non-hydrogen) atoms. The van der Waals surface area contributed by atoms with Gasteiger partial charge in [0.1, 0.15) is 5.75 Å². The SMILES string of the molecule is COc1cccc(NC(=O)NC2CCN(Cc3ccccc3)C2)c1. The van der Waals surface area contributed by atoms with Crippen LogP contribution < -0.4 is 15.4 Å². The lowest BCUT2D eigenvalue weighted by atomic mass is 10.2. The van der Waals surface area contributed by atoms with Gasteiger partial charge in [-0.25, -0.2) is 4.79 Å². The van der Waals surface area contributed by atoms with Crippen LogP contribution in [0.15, 0.2) is 54.6 Å². The smallest absolute Gasteiger partial charge is 0.319 e. The highest BCUT2D eigenvalue weighted by Gasteiger charge is 2.23. The van der Waals surface area contributed by atoms with Gasteiger partial charge < -0.3 is 15.4 Å². The summed E-state index contributed by atoms with van der Waals surface area (Å²) in [6.07, 6.45) is 0.971. The van der Waals surface area contributed by atoms with Crippen LogP contribution in [0.4, 0.5) is 10.5 Å². The van der Waals surface area contributed by atoms with Crippen LogP contribution in [-0.4, -0.2) is 37.2 Å².